The van der Waals surface area contributed by atoms with E-state index in [-0.39, 0.29) is 5.43 Å². The molecule has 0 aliphatic heterocycles. The summed E-state index contributed by atoms with van der Waals surface area (Å²) in [5.41, 5.74) is 7.29. The van der Waals surface area contributed by atoms with Gasteiger partial charge in [-0.15, -0.1) is 11.3 Å². The molecule has 43 heavy (non-hydrogen) atoms. The minimum atomic E-state index is 0.0571. The minimum Gasteiger partial charge on any atom is -0.309 e. The molecule has 0 bridgehead atoms. The van der Waals surface area contributed by atoms with Crippen molar-refractivity contribution >= 4 is 64.3 Å². The summed E-state index contributed by atoms with van der Waals surface area (Å²) in [7, 11) is 0. The Bertz CT molecular complexity index is 2580. The fraction of sp³-hybridized carbons (Fsp3) is 0. The highest BCUT2D eigenvalue weighted by Crippen LogP contribution is 2.37. The summed E-state index contributed by atoms with van der Waals surface area (Å²) in [6.07, 6.45) is 0. The van der Waals surface area contributed by atoms with E-state index in [1.165, 1.54) is 5.39 Å². The predicted octanol–water partition coefficient (Wildman–Crippen LogP) is 9.52. The van der Waals surface area contributed by atoms with Crippen LogP contribution in [0.15, 0.2) is 144 Å². The summed E-state index contributed by atoms with van der Waals surface area (Å²) >= 11 is 1.64. The lowest BCUT2D eigenvalue weighted by Crippen LogP contribution is -2.02. The first-order chi connectivity index (χ1) is 21.2. The number of nitrogens with zero attached hydrogens (tertiary/aromatic N) is 3. The van der Waals surface area contributed by atoms with E-state index in [4.69, 9.17) is 4.98 Å². The Kier molecular flexibility index (Phi) is 5.18. The Balaban J connectivity index is 1.38. The molecule has 3 heterocycles. The van der Waals surface area contributed by atoms with Crippen LogP contribution in [0.4, 0.5) is 0 Å². The molecule has 0 unspecified atom stereocenters. The summed E-state index contributed by atoms with van der Waals surface area (Å²) in [5, 5.41) is 3.83. The van der Waals surface area contributed by atoms with Crippen LogP contribution in [0.1, 0.15) is 0 Å². The summed E-state index contributed by atoms with van der Waals surface area (Å²) < 4.78 is 6.46. The van der Waals surface area contributed by atoms with Crippen molar-refractivity contribution < 1.29 is 0 Å². The second-order valence-corrected chi connectivity index (χ2v) is 11.9. The van der Waals surface area contributed by atoms with Gasteiger partial charge < -0.3 is 4.57 Å². The van der Waals surface area contributed by atoms with E-state index in [9.17, 15) is 4.79 Å². The lowest BCUT2D eigenvalue weighted by Gasteiger charge is -2.12. The van der Waals surface area contributed by atoms with Crippen LogP contribution in [-0.4, -0.2) is 14.1 Å². The smallest absolute Gasteiger partial charge is 0.195 e. The highest BCUT2D eigenvalue weighted by Gasteiger charge is 2.19. The number of hydrogen-bond donors (Lipinski definition) is 0. The van der Waals surface area contributed by atoms with Gasteiger partial charge in [-0.25, -0.2) is 4.98 Å². The summed E-state index contributed by atoms with van der Waals surface area (Å²) in [4.78, 5) is 18.9. The molecular weight excluding hydrogens is 547 g/mol. The maximum absolute atomic E-state index is 13.7. The number of aromatic nitrogens is 3. The van der Waals surface area contributed by atoms with Crippen molar-refractivity contribution in [2.45, 2.75) is 0 Å². The van der Waals surface area contributed by atoms with Gasteiger partial charge in [-0.2, -0.15) is 0 Å². The van der Waals surface area contributed by atoms with Crippen LogP contribution >= 0.6 is 11.3 Å². The first kappa shape index (κ1) is 24.1. The Morgan fingerprint density at radius 3 is 2.02 bits per heavy atom. The third-order valence-corrected chi connectivity index (χ3v) is 9.45. The van der Waals surface area contributed by atoms with Crippen LogP contribution in [0, 0.1) is 0 Å². The van der Waals surface area contributed by atoms with Gasteiger partial charge in [-0.3, -0.25) is 9.36 Å². The van der Waals surface area contributed by atoms with Crippen LogP contribution < -0.4 is 5.43 Å². The molecule has 0 atom stereocenters. The van der Waals surface area contributed by atoms with E-state index in [1.54, 1.807) is 11.3 Å². The maximum atomic E-state index is 13.7. The Morgan fingerprint density at radius 2 is 1.19 bits per heavy atom. The molecule has 0 amide bonds. The second kappa shape index (κ2) is 9.24. The van der Waals surface area contributed by atoms with Gasteiger partial charge in [-0.1, -0.05) is 78.9 Å². The first-order valence-electron chi connectivity index (χ1n) is 14.3. The summed E-state index contributed by atoms with van der Waals surface area (Å²) in [6.45, 7) is 0. The molecule has 9 aromatic rings. The van der Waals surface area contributed by atoms with E-state index in [0.29, 0.717) is 0 Å². The van der Waals surface area contributed by atoms with E-state index in [0.717, 1.165) is 70.4 Å². The van der Waals surface area contributed by atoms with Gasteiger partial charge in [0.1, 0.15) is 5.82 Å². The van der Waals surface area contributed by atoms with Gasteiger partial charge in [0.2, 0.25) is 0 Å². The van der Waals surface area contributed by atoms with Crippen LogP contribution in [-0.2, 0) is 0 Å². The molecule has 0 spiro atoms. The van der Waals surface area contributed by atoms with Crippen LogP contribution in [0.25, 0.3) is 75.8 Å². The monoisotopic (exact) mass is 569 g/mol. The standard InChI is InChI=1S/C38H23N3OS/c42-37-28-16-8-10-18-35(28)43-36-23-31-34(22-30(36)37)41(38(39-31)24-11-3-1-4-12-24)26-19-20-33-29(21-26)27-15-7-9-17-32(27)40(33)25-13-5-2-6-14-25/h1-23H. The molecule has 0 aliphatic carbocycles. The molecule has 0 aliphatic rings. The third-order valence-electron chi connectivity index (χ3n) is 8.31. The topological polar surface area (TPSA) is 39.8 Å². The molecule has 0 saturated carbocycles. The number of imidazole rings is 1. The van der Waals surface area contributed by atoms with Crippen molar-refractivity contribution in [1.82, 2.24) is 14.1 Å². The first-order valence-corrected chi connectivity index (χ1v) is 15.1. The summed E-state index contributed by atoms with van der Waals surface area (Å²) in [5.74, 6) is 0.846. The normalized spacial score (nSPS) is 11.8. The molecule has 4 nitrogen and oxygen atoms in total. The number of hydrogen-bond acceptors (Lipinski definition) is 3. The lowest BCUT2D eigenvalue weighted by molar-refractivity contribution is 1.10. The second-order valence-electron chi connectivity index (χ2n) is 10.8. The van der Waals surface area contributed by atoms with Gasteiger partial charge in [0.05, 0.1) is 22.1 Å². The van der Waals surface area contributed by atoms with Crippen LogP contribution in [0.2, 0.25) is 0 Å². The van der Waals surface area contributed by atoms with E-state index < -0.39 is 0 Å². The quantitative estimate of drug-likeness (QED) is 0.199. The summed E-state index contributed by atoms with van der Waals surface area (Å²) in [6, 6.07) is 47.9. The van der Waals surface area contributed by atoms with Crippen molar-refractivity contribution in [2.75, 3.05) is 0 Å². The highest BCUT2D eigenvalue weighted by atomic mass is 32.1. The number of para-hydroxylation sites is 2. The zero-order valence-electron chi connectivity index (χ0n) is 22.9. The van der Waals surface area contributed by atoms with Gasteiger partial charge in [-0.05, 0) is 60.7 Å². The van der Waals surface area contributed by atoms with E-state index in [2.05, 4.69) is 94.1 Å². The molecule has 6 aromatic carbocycles. The molecule has 0 radical (unpaired) electrons. The molecule has 0 saturated heterocycles. The van der Waals surface area contributed by atoms with Gasteiger partial charge >= 0.3 is 0 Å². The van der Waals surface area contributed by atoms with Crippen LogP contribution in [0.5, 0.6) is 0 Å². The van der Waals surface area contributed by atoms with Gasteiger partial charge in [0.25, 0.3) is 0 Å². The zero-order valence-corrected chi connectivity index (χ0v) is 23.8. The number of fused-ring (bicyclic) bond motifs is 6. The average molecular weight is 570 g/mol. The fourth-order valence-electron chi connectivity index (χ4n) is 6.37. The maximum Gasteiger partial charge on any atom is 0.195 e. The Morgan fingerprint density at radius 1 is 0.488 bits per heavy atom. The Hall–Kier alpha value is -5.52. The molecule has 0 fully saturated rings. The lowest BCUT2D eigenvalue weighted by atomic mass is 10.1. The minimum absolute atomic E-state index is 0.0571. The SMILES string of the molecule is O=c1c2ccccc2sc2cc3nc(-c4ccccc4)n(-c4ccc5c(c4)c4ccccc4n5-c4ccccc4)c3cc12. The van der Waals surface area contributed by atoms with Crippen molar-refractivity contribution in [1.29, 1.82) is 0 Å². The zero-order chi connectivity index (χ0) is 28.5. The molecular formula is C38H23N3OS. The molecule has 202 valence electrons. The third kappa shape index (κ3) is 3.62. The van der Waals surface area contributed by atoms with Crippen molar-refractivity contribution in [3.05, 3.63) is 150 Å². The van der Waals surface area contributed by atoms with E-state index in [1.807, 2.05) is 54.6 Å². The average Bonchev–Trinajstić information content (AvgIpc) is 3.60. The molecule has 3 aromatic heterocycles. The molecule has 9 rings (SSSR count). The highest BCUT2D eigenvalue weighted by molar-refractivity contribution is 7.24. The fourth-order valence-corrected chi connectivity index (χ4v) is 7.46. The van der Waals surface area contributed by atoms with Crippen molar-refractivity contribution in [3.8, 4) is 22.8 Å². The number of benzene rings is 6. The number of rotatable bonds is 3. The molecule has 0 N–H and O–H groups in total. The Labute approximate surface area is 250 Å². The van der Waals surface area contributed by atoms with Gasteiger partial charge in [0.15, 0.2) is 5.43 Å². The van der Waals surface area contributed by atoms with E-state index >= 15 is 0 Å². The van der Waals surface area contributed by atoms with Crippen LogP contribution in [0.3, 0.4) is 0 Å². The largest absolute Gasteiger partial charge is 0.309 e. The van der Waals surface area contributed by atoms with Crippen molar-refractivity contribution in [2.24, 2.45) is 0 Å². The van der Waals surface area contributed by atoms with Crippen molar-refractivity contribution in [3.63, 3.8) is 0 Å². The predicted molar refractivity (Wildman–Crippen MR) is 180 cm³/mol. The van der Waals surface area contributed by atoms with Gasteiger partial charge in [0, 0.05) is 47.9 Å². The molecule has 5 heteroatoms.